The fourth-order valence-electron chi connectivity index (χ4n) is 3.50. The van der Waals surface area contributed by atoms with Gasteiger partial charge in [0.15, 0.2) is 5.13 Å². The zero-order chi connectivity index (χ0) is 28.3. The first-order chi connectivity index (χ1) is 18.6. The first-order valence-corrected chi connectivity index (χ1v) is 14.8. The van der Waals surface area contributed by atoms with Crippen LogP contribution in [-0.4, -0.2) is 44.1 Å². The van der Waals surface area contributed by atoms with Crippen LogP contribution in [0.2, 0.25) is 0 Å². The Bertz CT molecular complexity index is 1310. The van der Waals surface area contributed by atoms with Crippen molar-refractivity contribution >= 4 is 38.7 Å². The maximum absolute atomic E-state index is 13.1. The van der Waals surface area contributed by atoms with Gasteiger partial charge >= 0.3 is 6.09 Å². The molecule has 13 heteroatoms. The highest BCUT2D eigenvalue weighted by molar-refractivity contribution is 7.87. The topological polar surface area (TPSA) is 162 Å². The predicted octanol–water partition coefficient (Wildman–Crippen LogP) is 3.79. The molecule has 5 N–H and O–H groups in total. The molecule has 39 heavy (non-hydrogen) atoms. The van der Waals surface area contributed by atoms with E-state index in [0.29, 0.717) is 23.7 Å². The van der Waals surface area contributed by atoms with Gasteiger partial charge in [0.25, 0.3) is 10.2 Å². The second-order valence-corrected chi connectivity index (χ2v) is 11.1. The van der Waals surface area contributed by atoms with Crippen LogP contribution < -0.4 is 25.2 Å². The van der Waals surface area contributed by atoms with Crippen LogP contribution in [0.3, 0.4) is 0 Å². The van der Waals surface area contributed by atoms with E-state index in [1.807, 2.05) is 73.8 Å². The molecule has 0 aliphatic heterocycles. The van der Waals surface area contributed by atoms with Crippen LogP contribution in [0.15, 0.2) is 60.0 Å². The minimum atomic E-state index is -3.80. The van der Waals surface area contributed by atoms with Crippen LogP contribution in [0.1, 0.15) is 38.7 Å². The zero-order valence-corrected chi connectivity index (χ0v) is 23.4. The van der Waals surface area contributed by atoms with Crippen molar-refractivity contribution in [1.82, 2.24) is 15.0 Å². The molecule has 0 saturated carbocycles. The number of nitrogens with two attached hydrogens (primary N) is 1. The van der Waals surface area contributed by atoms with Gasteiger partial charge in [0.2, 0.25) is 5.91 Å². The Morgan fingerprint density at radius 3 is 2.44 bits per heavy atom. The second kappa shape index (κ2) is 14.6. The van der Waals surface area contributed by atoms with Crippen LogP contribution in [0.25, 0.3) is 11.3 Å². The van der Waals surface area contributed by atoms with Gasteiger partial charge in [-0.15, -0.1) is 11.3 Å². The highest BCUT2D eigenvalue weighted by Gasteiger charge is 2.22. The number of alkyl carbamates (subject to hydrolysis) is 1. The highest BCUT2D eigenvalue weighted by Crippen LogP contribution is 2.27. The molecule has 1 heterocycles. The average molecular weight is 576 g/mol. The lowest BCUT2D eigenvalue weighted by Gasteiger charge is -2.17. The number of carbonyl (C=O) groups excluding carboxylic acids is 2. The first kappa shape index (κ1) is 30.0. The normalized spacial score (nSPS) is 12.1. The van der Waals surface area contributed by atoms with Gasteiger partial charge in [-0.25, -0.2) is 19.6 Å². The van der Waals surface area contributed by atoms with Gasteiger partial charge in [0.05, 0.1) is 11.8 Å². The predicted molar refractivity (Wildman–Crippen MR) is 150 cm³/mol. The quantitative estimate of drug-likeness (QED) is 0.213. The van der Waals surface area contributed by atoms with Crippen LogP contribution in [0, 0.1) is 0 Å². The van der Waals surface area contributed by atoms with Crippen molar-refractivity contribution in [3.8, 4) is 17.0 Å². The molecule has 3 aromatic rings. The lowest BCUT2D eigenvalue weighted by Crippen LogP contribution is -2.44. The lowest BCUT2D eigenvalue weighted by atomic mass is 10.1. The van der Waals surface area contributed by atoms with E-state index in [2.05, 4.69) is 20.3 Å². The molecule has 0 fully saturated rings. The van der Waals surface area contributed by atoms with Gasteiger partial charge in [-0.1, -0.05) is 30.3 Å². The summed E-state index contributed by atoms with van der Waals surface area (Å²) in [5.74, 6) is 0.289. The van der Waals surface area contributed by atoms with Gasteiger partial charge in [0.1, 0.15) is 18.4 Å². The van der Waals surface area contributed by atoms with Gasteiger partial charge in [-0.05, 0) is 62.9 Å². The van der Waals surface area contributed by atoms with Crippen molar-refractivity contribution < 1.29 is 27.5 Å². The van der Waals surface area contributed by atoms with Crippen LogP contribution in [0.5, 0.6) is 5.75 Å². The third-order valence-corrected chi connectivity index (χ3v) is 6.66. The third kappa shape index (κ3) is 11.0. The minimum absolute atomic E-state index is 0.0517. The first-order valence-electron chi connectivity index (χ1n) is 12.4. The molecule has 2 amide bonds. The smallest absolute Gasteiger partial charge is 0.408 e. The molecule has 0 aliphatic rings. The number of nitrogens with zero attached hydrogens (tertiary/aromatic N) is 1. The number of hydrogen-bond acceptors (Lipinski definition) is 8. The van der Waals surface area contributed by atoms with Gasteiger partial charge in [-0.2, -0.15) is 8.42 Å². The number of anilines is 1. The lowest BCUT2D eigenvalue weighted by molar-refractivity contribution is -0.118. The van der Waals surface area contributed by atoms with Crippen molar-refractivity contribution in [3.63, 3.8) is 0 Å². The van der Waals surface area contributed by atoms with Crippen molar-refractivity contribution in [2.45, 2.75) is 51.9 Å². The number of carbonyl (C=O) groups is 2. The summed E-state index contributed by atoms with van der Waals surface area (Å²) >= 11 is 1.26. The fourth-order valence-corrected chi connectivity index (χ4v) is 4.65. The Kier molecular flexibility index (Phi) is 11.2. The molecule has 0 aliphatic carbocycles. The summed E-state index contributed by atoms with van der Waals surface area (Å²) < 4.78 is 35.2. The number of aromatic nitrogens is 1. The van der Waals surface area contributed by atoms with E-state index in [1.165, 1.54) is 11.3 Å². The Hall–Kier alpha value is -3.52. The van der Waals surface area contributed by atoms with Crippen molar-refractivity contribution in [1.29, 1.82) is 0 Å². The monoisotopic (exact) mass is 575 g/mol. The molecule has 11 nitrogen and oxygen atoms in total. The molecule has 0 spiro atoms. The number of amides is 2. The van der Waals surface area contributed by atoms with Crippen LogP contribution in [-0.2, 0) is 26.3 Å². The number of benzene rings is 2. The Morgan fingerprint density at radius 1 is 1.05 bits per heavy atom. The van der Waals surface area contributed by atoms with Crippen molar-refractivity contribution in [3.05, 3.63) is 65.5 Å². The number of thiazole rings is 1. The van der Waals surface area contributed by atoms with Crippen LogP contribution >= 0.6 is 11.3 Å². The molecular weight excluding hydrogens is 542 g/mol. The zero-order valence-electron chi connectivity index (χ0n) is 21.8. The van der Waals surface area contributed by atoms with E-state index in [4.69, 9.17) is 14.6 Å². The second-order valence-electron chi connectivity index (χ2n) is 8.91. The summed E-state index contributed by atoms with van der Waals surface area (Å²) in [6.45, 7) is 4.07. The molecule has 0 saturated heterocycles. The molecule has 210 valence electrons. The summed E-state index contributed by atoms with van der Waals surface area (Å²) in [6, 6.07) is 15.7. The Labute approximate surface area is 232 Å². The average Bonchev–Trinajstić information content (AvgIpc) is 3.35. The van der Waals surface area contributed by atoms with Crippen molar-refractivity contribution in [2.24, 2.45) is 5.14 Å². The Morgan fingerprint density at radius 2 is 1.77 bits per heavy atom. The SMILES string of the molecule is CC(C)Oc1ccc(-c2csc(NC(=O)[C@H](CCCCNS(N)(=O)=O)NC(=O)OCc3ccccc3)n2)cc1. The number of hydrogen-bond donors (Lipinski definition) is 4. The van der Waals surface area contributed by atoms with E-state index in [0.717, 1.165) is 16.9 Å². The molecule has 2 aromatic carbocycles. The van der Waals surface area contributed by atoms with E-state index in [9.17, 15) is 18.0 Å². The van der Waals surface area contributed by atoms with Gasteiger partial charge < -0.3 is 20.1 Å². The summed E-state index contributed by atoms with van der Waals surface area (Å²) in [4.78, 5) is 30.0. The maximum Gasteiger partial charge on any atom is 0.408 e. The number of rotatable bonds is 14. The van der Waals surface area contributed by atoms with Crippen LogP contribution in [0.4, 0.5) is 9.93 Å². The molecule has 0 radical (unpaired) electrons. The van der Waals surface area contributed by atoms with Crippen molar-refractivity contribution in [2.75, 3.05) is 11.9 Å². The number of unbranched alkanes of at least 4 members (excludes halogenated alkanes) is 1. The summed E-state index contributed by atoms with van der Waals surface area (Å²) in [7, 11) is -3.80. The molecular formula is C26H33N5O6S2. The number of ether oxygens (including phenoxy) is 2. The fraction of sp³-hybridized carbons (Fsp3) is 0.346. The molecule has 1 aromatic heterocycles. The minimum Gasteiger partial charge on any atom is -0.491 e. The molecule has 3 rings (SSSR count). The van der Waals surface area contributed by atoms with Gasteiger partial charge in [-0.3, -0.25) is 4.79 Å². The number of nitrogens with one attached hydrogen (secondary N) is 3. The van der Waals surface area contributed by atoms with E-state index < -0.39 is 28.3 Å². The summed E-state index contributed by atoms with van der Waals surface area (Å²) in [6.07, 6.45) is 0.421. The summed E-state index contributed by atoms with van der Waals surface area (Å²) in [5.41, 5.74) is 2.36. The van der Waals surface area contributed by atoms with Gasteiger partial charge in [0, 0.05) is 17.5 Å². The molecule has 0 unspecified atom stereocenters. The maximum atomic E-state index is 13.1. The highest BCUT2D eigenvalue weighted by atomic mass is 32.2. The summed E-state index contributed by atoms with van der Waals surface area (Å²) in [5, 5.41) is 12.5. The molecule has 0 bridgehead atoms. The molecule has 1 atom stereocenters. The van der Waals surface area contributed by atoms with E-state index in [1.54, 1.807) is 0 Å². The largest absolute Gasteiger partial charge is 0.491 e. The third-order valence-electron chi connectivity index (χ3n) is 5.30. The van der Waals surface area contributed by atoms with E-state index in [-0.39, 0.29) is 25.7 Å². The van der Waals surface area contributed by atoms with E-state index >= 15 is 0 Å². The Balaban J connectivity index is 1.60. The standard InChI is InChI=1S/C26H33N5O6S2/c1-18(2)37-21-13-11-20(12-14-21)23-17-38-25(29-23)31-24(32)22(10-6-7-15-28-39(27,34)35)30-26(33)36-16-19-8-4-3-5-9-19/h3-5,8-9,11-14,17-18,22,28H,6-7,10,15-16H2,1-2H3,(H,30,33)(H2,27,34,35)(H,29,31,32)/t22-/m0/s1.